The first-order chi connectivity index (χ1) is 13.8. The van der Waals surface area contributed by atoms with Crippen molar-refractivity contribution in [1.29, 1.82) is 0 Å². The predicted molar refractivity (Wildman–Crippen MR) is 100 cm³/mol. The Labute approximate surface area is 163 Å². The Morgan fingerprint density at radius 2 is 1.79 bits per heavy atom. The van der Waals surface area contributed by atoms with E-state index in [4.69, 9.17) is 0 Å². The standard InChI is InChI=1S/C21H14F3N3O2/c22-21(23,24)15-8-4-5-13(11-15)12-27-19(14-6-2-1-3-7-14)17-16(26-27)9-10-25-18(17)20(28)29/h1-11H,12H2,(H,28,29). The predicted octanol–water partition coefficient (Wildman–Crippen LogP) is 4.86. The molecule has 146 valence electrons. The fourth-order valence-electron chi connectivity index (χ4n) is 3.26. The van der Waals surface area contributed by atoms with Gasteiger partial charge >= 0.3 is 12.1 Å². The molecule has 0 fully saturated rings. The number of aromatic nitrogens is 3. The maximum absolute atomic E-state index is 13.1. The average Bonchev–Trinajstić information content (AvgIpc) is 3.05. The number of nitrogens with zero attached hydrogens (tertiary/aromatic N) is 3. The topological polar surface area (TPSA) is 68.0 Å². The van der Waals surface area contributed by atoms with E-state index in [-0.39, 0.29) is 12.2 Å². The fourth-order valence-corrected chi connectivity index (χ4v) is 3.26. The van der Waals surface area contributed by atoms with Crippen LogP contribution in [0.2, 0.25) is 0 Å². The van der Waals surface area contributed by atoms with Crippen LogP contribution in [0.25, 0.3) is 22.2 Å². The van der Waals surface area contributed by atoms with Crippen LogP contribution in [0.15, 0.2) is 66.9 Å². The van der Waals surface area contributed by atoms with Crippen molar-refractivity contribution in [2.24, 2.45) is 0 Å². The van der Waals surface area contributed by atoms with E-state index in [1.165, 1.54) is 16.9 Å². The SMILES string of the molecule is O=C(O)c1nccc2nn(Cc3cccc(C(F)(F)F)c3)c(-c3ccccc3)c12. The summed E-state index contributed by atoms with van der Waals surface area (Å²) >= 11 is 0. The normalized spacial score (nSPS) is 11.7. The number of hydrogen-bond acceptors (Lipinski definition) is 3. The molecule has 0 aliphatic rings. The van der Waals surface area contributed by atoms with Gasteiger partial charge in [-0.2, -0.15) is 18.3 Å². The number of benzene rings is 2. The van der Waals surface area contributed by atoms with Crippen LogP contribution < -0.4 is 0 Å². The van der Waals surface area contributed by atoms with Gasteiger partial charge in [0.1, 0.15) is 0 Å². The van der Waals surface area contributed by atoms with Crippen molar-refractivity contribution in [3.63, 3.8) is 0 Å². The van der Waals surface area contributed by atoms with Gasteiger partial charge < -0.3 is 5.11 Å². The van der Waals surface area contributed by atoms with Crippen molar-refractivity contribution in [3.05, 3.63) is 83.7 Å². The number of carboxylic acid groups (broad SMARTS) is 1. The Morgan fingerprint density at radius 1 is 1.03 bits per heavy atom. The number of fused-ring (bicyclic) bond motifs is 1. The van der Waals surface area contributed by atoms with Gasteiger partial charge in [-0.25, -0.2) is 9.78 Å². The van der Waals surface area contributed by atoms with Crippen molar-refractivity contribution in [2.75, 3.05) is 0 Å². The highest BCUT2D eigenvalue weighted by Gasteiger charge is 2.30. The quantitative estimate of drug-likeness (QED) is 0.534. The van der Waals surface area contributed by atoms with Gasteiger partial charge in [-0.3, -0.25) is 4.68 Å². The summed E-state index contributed by atoms with van der Waals surface area (Å²) in [5.41, 5.74) is 1.08. The Balaban J connectivity index is 1.91. The van der Waals surface area contributed by atoms with Crippen LogP contribution in [0.3, 0.4) is 0 Å². The second-order valence-corrected chi connectivity index (χ2v) is 6.43. The minimum absolute atomic E-state index is 0.0435. The summed E-state index contributed by atoms with van der Waals surface area (Å²) in [5, 5.41) is 14.4. The molecule has 2 aromatic carbocycles. The summed E-state index contributed by atoms with van der Waals surface area (Å²) in [7, 11) is 0. The van der Waals surface area contributed by atoms with E-state index in [0.29, 0.717) is 27.7 Å². The molecule has 0 saturated carbocycles. The van der Waals surface area contributed by atoms with Crippen LogP contribution in [0.4, 0.5) is 13.2 Å². The largest absolute Gasteiger partial charge is 0.476 e. The number of aromatic carboxylic acids is 1. The molecule has 0 aliphatic heterocycles. The third-order valence-corrected chi connectivity index (χ3v) is 4.49. The van der Waals surface area contributed by atoms with Crippen LogP contribution in [-0.2, 0) is 12.7 Å². The second-order valence-electron chi connectivity index (χ2n) is 6.43. The lowest BCUT2D eigenvalue weighted by molar-refractivity contribution is -0.137. The van der Waals surface area contributed by atoms with E-state index in [1.54, 1.807) is 36.4 Å². The monoisotopic (exact) mass is 397 g/mol. The molecule has 0 amide bonds. The van der Waals surface area contributed by atoms with Crippen LogP contribution in [-0.4, -0.2) is 25.8 Å². The first-order valence-electron chi connectivity index (χ1n) is 8.65. The summed E-state index contributed by atoms with van der Waals surface area (Å²) in [4.78, 5) is 15.7. The molecule has 5 nitrogen and oxygen atoms in total. The summed E-state index contributed by atoms with van der Waals surface area (Å²) < 4.78 is 40.7. The van der Waals surface area contributed by atoms with Crippen molar-refractivity contribution >= 4 is 16.9 Å². The number of rotatable bonds is 4. The maximum Gasteiger partial charge on any atom is 0.416 e. The number of halogens is 3. The van der Waals surface area contributed by atoms with Crippen LogP contribution in [0.5, 0.6) is 0 Å². The Hall–Kier alpha value is -3.68. The van der Waals surface area contributed by atoms with Crippen molar-refractivity contribution in [2.45, 2.75) is 12.7 Å². The molecule has 0 saturated heterocycles. The van der Waals surface area contributed by atoms with Crippen molar-refractivity contribution in [1.82, 2.24) is 14.8 Å². The van der Waals surface area contributed by atoms with Gasteiger partial charge in [-0.1, -0.05) is 42.5 Å². The first kappa shape index (κ1) is 18.7. The Morgan fingerprint density at radius 3 is 2.48 bits per heavy atom. The van der Waals surface area contributed by atoms with Crippen LogP contribution in [0.1, 0.15) is 21.6 Å². The molecule has 8 heteroatoms. The molecule has 1 N–H and O–H groups in total. The molecule has 4 aromatic rings. The van der Waals surface area contributed by atoms with Crippen LogP contribution >= 0.6 is 0 Å². The van der Waals surface area contributed by atoms with E-state index in [9.17, 15) is 23.1 Å². The number of carbonyl (C=O) groups is 1. The Bertz CT molecular complexity index is 1200. The molecule has 0 radical (unpaired) electrons. The summed E-state index contributed by atoms with van der Waals surface area (Å²) in [6.45, 7) is 0.0435. The smallest absolute Gasteiger partial charge is 0.416 e. The van der Waals surface area contributed by atoms with E-state index in [2.05, 4.69) is 10.1 Å². The first-order valence-corrected chi connectivity index (χ1v) is 8.65. The van der Waals surface area contributed by atoms with Gasteiger partial charge in [0.15, 0.2) is 5.69 Å². The molecule has 0 aliphatic carbocycles. The van der Waals surface area contributed by atoms with Crippen molar-refractivity contribution in [3.8, 4) is 11.3 Å². The summed E-state index contributed by atoms with van der Waals surface area (Å²) in [6, 6.07) is 15.5. The van der Waals surface area contributed by atoms with E-state index < -0.39 is 17.7 Å². The van der Waals surface area contributed by atoms with Gasteiger partial charge in [-0.15, -0.1) is 0 Å². The maximum atomic E-state index is 13.1. The lowest BCUT2D eigenvalue weighted by atomic mass is 10.1. The average molecular weight is 397 g/mol. The zero-order valence-electron chi connectivity index (χ0n) is 14.9. The van der Waals surface area contributed by atoms with E-state index in [1.807, 2.05) is 6.07 Å². The fraction of sp³-hybridized carbons (Fsp3) is 0.0952. The zero-order chi connectivity index (χ0) is 20.6. The van der Waals surface area contributed by atoms with Gasteiger partial charge in [-0.05, 0) is 23.8 Å². The van der Waals surface area contributed by atoms with Gasteiger partial charge in [0, 0.05) is 11.8 Å². The molecule has 29 heavy (non-hydrogen) atoms. The lowest BCUT2D eigenvalue weighted by Gasteiger charge is -2.11. The minimum atomic E-state index is -4.45. The second kappa shape index (κ2) is 7.05. The van der Waals surface area contributed by atoms with Gasteiger partial charge in [0.25, 0.3) is 0 Å². The molecule has 4 rings (SSSR count). The number of pyridine rings is 1. The van der Waals surface area contributed by atoms with Crippen LogP contribution in [0, 0.1) is 0 Å². The summed E-state index contributed by atoms with van der Waals surface area (Å²) in [6.07, 6.45) is -3.10. The molecule has 0 unspecified atom stereocenters. The van der Waals surface area contributed by atoms with E-state index >= 15 is 0 Å². The highest BCUT2D eigenvalue weighted by Crippen LogP contribution is 2.33. The molecule has 0 atom stereocenters. The van der Waals surface area contributed by atoms with Crippen molar-refractivity contribution < 1.29 is 23.1 Å². The highest BCUT2D eigenvalue weighted by atomic mass is 19.4. The van der Waals surface area contributed by atoms with Gasteiger partial charge in [0.2, 0.25) is 0 Å². The third kappa shape index (κ3) is 3.56. The number of alkyl halides is 3. The molecule has 0 spiro atoms. The molecule has 2 heterocycles. The third-order valence-electron chi connectivity index (χ3n) is 4.49. The van der Waals surface area contributed by atoms with E-state index in [0.717, 1.165) is 12.1 Å². The minimum Gasteiger partial charge on any atom is -0.476 e. The molecular formula is C21H14F3N3O2. The summed E-state index contributed by atoms with van der Waals surface area (Å²) in [5.74, 6) is -1.20. The molecule has 2 aromatic heterocycles. The lowest BCUT2D eigenvalue weighted by Crippen LogP contribution is -2.08. The molecular weight excluding hydrogens is 383 g/mol. The highest BCUT2D eigenvalue weighted by molar-refractivity contribution is 6.06. The number of hydrogen-bond donors (Lipinski definition) is 1. The van der Waals surface area contributed by atoms with Gasteiger partial charge in [0.05, 0.1) is 28.7 Å². The zero-order valence-corrected chi connectivity index (χ0v) is 14.9. The number of carboxylic acids is 1. The molecule has 0 bridgehead atoms. The Kier molecular flexibility index (Phi) is 4.54.